The number of rotatable bonds is 2. The summed E-state index contributed by atoms with van der Waals surface area (Å²) in [7, 11) is 0. The molecule has 1 aliphatic rings. The Bertz CT molecular complexity index is 768. The number of fused-ring (bicyclic) bond motifs is 1. The van der Waals surface area contributed by atoms with Gasteiger partial charge in [-0.05, 0) is 18.2 Å². The highest BCUT2D eigenvalue weighted by Gasteiger charge is 2.40. The van der Waals surface area contributed by atoms with Crippen molar-refractivity contribution in [1.82, 2.24) is 4.98 Å². The van der Waals surface area contributed by atoms with E-state index in [0.717, 1.165) is 12.1 Å². The van der Waals surface area contributed by atoms with E-state index in [-0.39, 0.29) is 11.1 Å². The molecule has 2 amide bonds. The van der Waals surface area contributed by atoms with Gasteiger partial charge in [0.05, 0.1) is 16.7 Å². The number of amides is 2. The van der Waals surface area contributed by atoms with Gasteiger partial charge < -0.3 is 5.11 Å². The quantitative estimate of drug-likeness (QED) is 0.849. The molecule has 1 aromatic heterocycles. The van der Waals surface area contributed by atoms with E-state index < -0.39 is 34.9 Å². The Morgan fingerprint density at radius 2 is 1.86 bits per heavy atom. The predicted molar refractivity (Wildman–Crippen MR) is 68.7 cm³/mol. The molecule has 0 spiro atoms. The smallest absolute Gasteiger partial charge is 0.337 e. The number of imide groups is 1. The van der Waals surface area contributed by atoms with Crippen LogP contribution in [0.25, 0.3) is 0 Å². The molecule has 0 saturated carbocycles. The summed E-state index contributed by atoms with van der Waals surface area (Å²) in [5, 5.41) is 9.11. The van der Waals surface area contributed by atoms with Gasteiger partial charge in [0, 0.05) is 12.4 Å². The van der Waals surface area contributed by atoms with Crippen molar-refractivity contribution in [3.63, 3.8) is 0 Å². The number of anilines is 1. The molecule has 0 bridgehead atoms. The Hall–Kier alpha value is -3.09. The molecule has 2 heterocycles. The number of carboxylic acids is 1. The molecule has 104 valence electrons. The van der Waals surface area contributed by atoms with Crippen molar-refractivity contribution in [1.29, 1.82) is 0 Å². The number of hydrogen-bond donors (Lipinski definition) is 1. The lowest BCUT2D eigenvalue weighted by Crippen LogP contribution is -2.32. The predicted octanol–water partition coefficient (Wildman–Crippen LogP) is 1.72. The zero-order valence-corrected chi connectivity index (χ0v) is 10.4. The number of aromatic nitrogens is 1. The fraction of sp³-hybridized carbons (Fsp3) is 0. The lowest BCUT2D eigenvalue weighted by Gasteiger charge is -2.16. The molecule has 0 atom stereocenters. The molecule has 6 nitrogen and oxygen atoms in total. The number of carboxylic acid groups (broad SMARTS) is 1. The maximum Gasteiger partial charge on any atom is 0.337 e. The Morgan fingerprint density at radius 1 is 1.14 bits per heavy atom. The number of aromatic carboxylic acids is 1. The molecule has 1 aliphatic heterocycles. The fourth-order valence-electron chi connectivity index (χ4n) is 2.20. The summed E-state index contributed by atoms with van der Waals surface area (Å²) in [6, 6.07) is 4.64. The number of benzene rings is 1. The molecule has 3 rings (SSSR count). The van der Waals surface area contributed by atoms with Crippen molar-refractivity contribution in [2.45, 2.75) is 0 Å². The van der Waals surface area contributed by atoms with Crippen LogP contribution in [0.4, 0.5) is 10.1 Å². The fourth-order valence-corrected chi connectivity index (χ4v) is 2.20. The molecule has 0 saturated heterocycles. The average molecular weight is 286 g/mol. The molecule has 0 unspecified atom stereocenters. The monoisotopic (exact) mass is 286 g/mol. The van der Waals surface area contributed by atoms with Gasteiger partial charge in [0.1, 0.15) is 11.5 Å². The minimum atomic E-state index is -1.43. The summed E-state index contributed by atoms with van der Waals surface area (Å²) in [4.78, 5) is 40.0. The lowest BCUT2D eigenvalue weighted by molar-refractivity contribution is 0.0697. The van der Waals surface area contributed by atoms with E-state index >= 15 is 0 Å². The first-order chi connectivity index (χ1) is 10.0. The third kappa shape index (κ3) is 1.78. The highest BCUT2D eigenvalue weighted by atomic mass is 19.1. The van der Waals surface area contributed by atoms with Crippen molar-refractivity contribution in [3.8, 4) is 0 Å². The zero-order chi connectivity index (χ0) is 15.1. The average Bonchev–Trinajstić information content (AvgIpc) is 2.72. The van der Waals surface area contributed by atoms with Crippen LogP contribution in [0, 0.1) is 5.82 Å². The number of halogens is 1. The van der Waals surface area contributed by atoms with E-state index in [9.17, 15) is 18.8 Å². The van der Waals surface area contributed by atoms with Gasteiger partial charge in [-0.15, -0.1) is 0 Å². The van der Waals surface area contributed by atoms with Gasteiger partial charge in [-0.2, -0.15) is 0 Å². The van der Waals surface area contributed by atoms with Crippen molar-refractivity contribution < 1.29 is 23.9 Å². The second-order valence-electron chi connectivity index (χ2n) is 4.31. The van der Waals surface area contributed by atoms with Crippen LogP contribution in [0.1, 0.15) is 31.1 Å². The normalized spacial score (nSPS) is 13.5. The van der Waals surface area contributed by atoms with Gasteiger partial charge in [-0.3, -0.25) is 14.6 Å². The number of para-hydroxylation sites is 1. The molecule has 2 aromatic rings. The molecule has 0 fully saturated rings. The second-order valence-corrected chi connectivity index (χ2v) is 4.31. The summed E-state index contributed by atoms with van der Waals surface area (Å²) < 4.78 is 14.0. The summed E-state index contributed by atoms with van der Waals surface area (Å²) in [6.07, 6.45) is 2.52. The zero-order valence-electron chi connectivity index (χ0n) is 10.4. The summed E-state index contributed by atoms with van der Waals surface area (Å²) in [5.74, 6) is -3.96. The lowest BCUT2D eigenvalue weighted by atomic mass is 10.1. The Morgan fingerprint density at radius 3 is 2.52 bits per heavy atom. The molecular weight excluding hydrogens is 279 g/mol. The molecule has 0 radical (unpaired) electrons. The van der Waals surface area contributed by atoms with Crippen LogP contribution in [0.5, 0.6) is 0 Å². The summed E-state index contributed by atoms with van der Waals surface area (Å²) in [6.45, 7) is 0. The maximum absolute atomic E-state index is 14.0. The van der Waals surface area contributed by atoms with E-state index in [4.69, 9.17) is 5.11 Å². The molecule has 0 aliphatic carbocycles. The largest absolute Gasteiger partial charge is 0.478 e. The highest BCUT2D eigenvalue weighted by Crippen LogP contribution is 2.32. The Balaban J connectivity index is 2.23. The van der Waals surface area contributed by atoms with Crippen LogP contribution in [-0.4, -0.2) is 27.9 Å². The van der Waals surface area contributed by atoms with Gasteiger partial charge in [0.15, 0.2) is 0 Å². The van der Waals surface area contributed by atoms with E-state index in [2.05, 4.69) is 4.98 Å². The minimum absolute atomic E-state index is 0.0158. The van der Waals surface area contributed by atoms with Crippen LogP contribution < -0.4 is 4.90 Å². The molecule has 21 heavy (non-hydrogen) atoms. The first-order valence-electron chi connectivity index (χ1n) is 5.87. The minimum Gasteiger partial charge on any atom is -0.478 e. The van der Waals surface area contributed by atoms with E-state index in [1.807, 2.05) is 0 Å². The van der Waals surface area contributed by atoms with E-state index in [1.165, 1.54) is 24.5 Å². The molecule has 7 heteroatoms. The Kier molecular flexibility index (Phi) is 2.76. The Labute approximate surface area is 117 Å². The number of carbonyl (C=O) groups excluding carboxylic acids is 2. The third-order valence-electron chi connectivity index (χ3n) is 3.13. The number of hydrogen-bond acceptors (Lipinski definition) is 4. The van der Waals surface area contributed by atoms with Crippen LogP contribution in [0.15, 0.2) is 36.7 Å². The highest BCUT2D eigenvalue weighted by molar-refractivity contribution is 6.35. The van der Waals surface area contributed by atoms with Gasteiger partial charge in [-0.25, -0.2) is 14.1 Å². The molecule has 1 aromatic carbocycles. The maximum atomic E-state index is 14.0. The first-order valence-corrected chi connectivity index (χ1v) is 5.87. The number of nitrogens with zero attached hydrogens (tertiary/aromatic N) is 2. The van der Waals surface area contributed by atoms with Crippen LogP contribution in [0.2, 0.25) is 0 Å². The van der Waals surface area contributed by atoms with Crippen molar-refractivity contribution in [2.24, 2.45) is 0 Å². The second kappa shape index (κ2) is 4.48. The van der Waals surface area contributed by atoms with Crippen LogP contribution in [-0.2, 0) is 0 Å². The summed E-state index contributed by atoms with van der Waals surface area (Å²) >= 11 is 0. The van der Waals surface area contributed by atoms with E-state index in [0.29, 0.717) is 4.90 Å². The number of pyridine rings is 1. The SMILES string of the molecule is O=C(O)c1cccc(F)c1N1C(=O)c2ccncc2C1=O. The first kappa shape index (κ1) is 12.9. The van der Waals surface area contributed by atoms with Crippen molar-refractivity contribution in [3.05, 3.63) is 59.2 Å². The van der Waals surface area contributed by atoms with Gasteiger partial charge >= 0.3 is 5.97 Å². The summed E-state index contributed by atoms with van der Waals surface area (Å²) in [5.41, 5.74) is -0.939. The molecule has 1 N–H and O–H groups in total. The number of carbonyl (C=O) groups is 3. The third-order valence-corrected chi connectivity index (χ3v) is 3.13. The topological polar surface area (TPSA) is 87.6 Å². The van der Waals surface area contributed by atoms with Crippen LogP contribution in [0.3, 0.4) is 0 Å². The van der Waals surface area contributed by atoms with Gasteiger partial charge in [0.2, 0.25) is 0 Å². The molecular formula is C14H7FN2O4. The standard InChI is InChI=1S/C14H7FN2O4/c15-10-3-1-2-8(14(20)21)11(10)17-12(18)7-4-5-16-6-9(7)13(17)19/h1-6H,(H,20,21). The van der Waals surface area contributed by atoms with E-state index in [1.54, 1.807) is 0 Å². The van der Waals surface area contributed by atoms with Crippen molar-refractivity contribution >= 4 is 23.5 Å². The van der Waals surface area contributed by atoms with Crippen molar-refractivity contribution in [2.75, 3.05) is 4.90 Å². The van der Waals surface area contributed by atoms with Gasteiger partial charge in [0.25, 0.3) is 11.8 Å². The van der Waals surface area contributed by atoms with Gasteiger partial charge in [-0.1, -0.05) is 6.07 Å². The van der Waals surface area contributed by atoms with Crippen LogP contribution >= 0.6 is 0 Å².